The molecule has 2 aromatic rings. The van der Waals surface area contributed by atoms with Gasteiger partial charge in [-0.25, -0.2) is 18.6 Å². The Morgan fingerprint density at radius 2 is 2.04 bits per heavy atom. The lowest BCUT2D eigenvalue weighted by Crippen LogP contribution is -2.53. The van der Waals surface area contributed by atoms with E-state index in [1.54, 1.807) is 18.3 Å². The SMILES string of the molecule is O=C(O)c1cccnc1N1CCN(Cc2ccc(F)c(F)c2)C(CCO)C1. The molecule has 1 unspecified atom stereocenters. The molecule has 0 bridgehead atoms. The number of aromatic nitrogens is 1. The van der Waals surface area contributed by atoms with Gasteiger partial charge in [0.1, 0.15) is 11.4 Å². The van der Waals surface area contributed by atoms with Crippen LogP contribution >= 0.6 is 0 Å². The lowest BCUT2D eigenvalue weighted by Gasteiger charge is -2.42. The maximum Gasteiger partial charge on any atom is 0.339 e. The van der Waals surface area contributed by atoms with Gasteiger partial charge in [-0.3, -0.25) is 4.90 Å². The number of anilines is 1. The molecule has 1 aromatic heterocycles. The molecule has 1 atom stereocenters. The van der Waals surface area contributed by atoms with E-state index >= 15 is 0 Å². The zero-order valence-corrected chi connectivity index (χ0v) is 14.7. The van der Waals surface area contributed by atoms with E-state index < -0.39 is 17.6 Å². The Hall–Kier alpha value is -2.58. The first-order valence-electron chi connectivity index (χ1n) is 8.71. The van der Waals surface area contributed by atoms with E-state index in [0.29, 0.717) is 44.0 Å². The van der Waals surface area contributed by atoms with Gasteiger partial charge in [0, 0.05) is 45.0 Å². The van der Waals surface area contributed by atoms with Gasteiger partial charge in [-0.1, -0.05) is 6.07 Å². The zero-order valence-electron chi connectivity index (χ0n) is 14.7. The molecular weight excluding hydrogens is 356 g/mol. The number of aliphatic hydroxyl groups is 1. The zero-order chi connectivity index (χ0) is 19.4. The predicted molar refractivity (Wildman–Crippen MR) is 95.7 cm³/mol. The van der Waals surface area contributed by atoms with Crippen LogP contribution in [0.1, 0.15) is 22.3 Å². The van der Waals surface area contributed by atoms with Gasteiger partial charge in [0.15, 0.2) is 11.6 Å². The second-order valence-electron chi connectivity index (χ2n) is 6.51. The van der Waals surface area contributed by atoms with E-state index in [0.717, 1.165) is 6.07 Å². The third-order valence-electron chi connectivity index (χ3n) is 4.75. The van der Waals surface area contributed by atoms with Crippen LogP contribution in [0.2, 0.25) is 0 Å². The average Bonchev–Trinajstić information content (AvgIpc) is 2.66. The predicted octanol–water partition coefficient (Wildman–Crippen LogP) is 2.13. The van der Waals surface area contributed by atoms with Gasteiger partial charge in [0.2, 0.25) is 0 Å². The van der Waals surface area contributed by atoms with Crippen LogP contribution in [-0.4, -0.2) is 58.3 Å². The topological polar surface area (TPSA) is 76.9 Å². The molecule has 144 valence electrons. The van der Waals surface area contributed by atoms with Crippen LogP contribution in [0.3, 0.4) is 0 Å². The highest BCUT2D eigenvalue weighted by molar-refractivity contribution is 5.93. The Bertz CT molecular complexity index is 819. The first kappa shape index (κ1) is 19.2. The molecule has 0 spiro atoms. The number of carbonyl (C=O) groups is 1. The number of carboxylic acid groups (broad SMARTS) is 1. The normalized spacial score (nSPS) is 17.9. The summed E-state index contributed by atoms with van der Waals surface area (Å²) in [6.45, 7) is 2.01. The average molecular weight is 377 g/mol. The molecular formula is C19H21F2N3O3. The minimum atomic E-state index is -1.04. The van der Waals surface area contributed by atoms with Crippen LogP contribution < -0.4 is 4.90 Å². The number of aromatic carboxylic acids is 1. The quantitative estimate of drug-likeness (QED) is 0.803. The van der Waals surface area contributed by atoms with E-state index in [2.05, 4.69) is 9.88 Å². The molecule has 1 saturated heterocycles. The fraction of sp³-hybridized carbons (Fsp3) is 0.368. The summed E-state index contributed by atoms with van der Waals surface area (Å²) in [4.78, 5) is 19.7. The Kier molecular flexibility index (Phi) is 5.98. The van der Waals surface area contributed by atoms with E-state index in [1.807, 2.05) is 4.90 Å². The first-order valence-corrected chi connectivity index (χ1v) is 8.71. The minimum Gasteiger partial charge on any atom is -0.478 e. The molecule has 0 amide bonds. The number of carboxylic acids is 1. The molecule has 27 heavy (non-hydrogen) atoms. The molecule has 2 N–H and O–H groups in total. The Morgan fingerprint density at radius 3 is 2.74 bits per heavy atom. The number of rotatable bonds is 6. The summed E-state index contributed by atoms with van der Waals surface area (Å²) in [5.41, 5.74) is 0.781. The molecule has 1 aliphatic rings. The highest BCUT2D eigenvalue weighted by Crippen LogP contribution is 2.24. The van der Waals surface area contributed by atoms with E-state index in [9.17, 15) is 23.8 Å². The summed E-state index contributed by atoms with van der Waals surface area (Å²) >= 11 is 0. The van der Waals surface area contributed by atoms with Gasteiger partial charge in [-0.15, -0.1) is 0 Å². The fourth-order valence-corrected chi connectivity index (χ4v) is 3.40. The maximum atomic E-state index is 13.5. The van der Waals surface area contributed by atoms with Gasteiger partial charge in [0.05, 0.1) is 0 Å². The first-order chi connectivity index (χ1) is 13.0. The second kappa shape index (κ2) is 8.41. The molecule has 1 aromatic carbocycles. The third kappa shape index (κ3) is 4.40. The van der Waals surface area contributed by atoms with Gasteiger partial charge in [0.25, 0.3) is 0 Å². The summed E-state index contributed by atoms with van der Waals surface area (Å²) in [5, 5.41) is 18.8. The number of halogens is 2. The van der Waals surface area contributed by atoms with Gasteiger partial charge in [-0.05, 0) is 36.2 Å². The van der Waals surface area contributed by atoms with E-state index in [1.165, 1.54) is 12.1 Å². The van der Waals surface area contributed by atoms with E-state index in [-0.39, 0.29) is 18.2 Å². The Labute approximate surface area is 155 Å². The van der Waals surface area contributed by atoms with Crippen LogP contribution in [0.4, 0.5) is 14.6 Å². The monoisotopic (exact) mass is 377 g/mol. The van der Waals surface area contributed by atoms with Crippen molar-refractivity contribution in [3.05, 3.63) is 59.3 Å². The number of piperazine rings is 1. The molecule has 1 fully saturated rings. The largest absolute Gasteiger partial charge is 0.478 e. The summed E-state index contributed by atoms with van der Waals surface area (Å²) in [5.74, 6) is -2.40. The van der Waals surface area contributed by atoms with Crippen molar-refractivity contribution in [3.63, 3.8) is 0 Å². The van der Waals surface area contributed by atoms with Crippen LogP contribution in [0.25, 0.3) is 0 Å². The number of pyridine rings is 1. The number of benzene rings is 1. The van der Waals surface area contributed by atoms with Crippen molar-refractivity contribution in [3.8, 4) is 0 Å². The van der Waals surface area contributed by atoms with Crippen LogP contribution in [-0.2, 0) is 6.54 Å². The van der Waals surface area contributed by atoms with Crippen molar-refractivity contribution < 1.29 is 23.8 Å². The molecule has 3 rings (SSSR count). The molecule has 8 heteroatoms. The lowest BCUT2D eigenvalue weighted by molar-refractivity contribution is 0.0696. The summed E-state index contributed by atoms with van der Waals surface area (Å²) in [6, 6.07) is 6.85. The second-order valence-corrected chi connectivity index (χ2v) is 6.51. The fourth-order valence-electron chi connectivity index (χ4n) is 3.40. The number of hydrogen-bond acceptors (Lipinski definition) is 5. The molecule has 0 aliphatic carbocycles. The summed E-state index contributed by atoms with van der Waals surface area (Å²) in [7, 11) is 0. The summed E-state index contributed by atoms with van der Waals surface area (Å²) < 4.78 is 26.6. The Balaban J connectivity index is 1.77. The number of aliphatic hydroxyl groups excluding tert-OH is 1. The minimum absolute atomic E-state index is 0.0270. The molecule has 0 saturated carbocycles. The molecule has 1 aliphatic heterocycles. The van der Waals surface area contributed by atoms with Crippen molar-refractivity contribution in [2.24, 2.45) is 0 Å². The van der Waals surface area contributed by atoms with Crippen molar-refractivity contribution in [1.29, 1.82) is 0 Å². The highest BCUT2D eigenvalue weighted by Gasteiger charge is 2.29. The van der Waals surface area contributed by atoms with Crippen LogP contribution in [0.5, 0.6) is 0 Å². The summed E-state index contributed by atoms with van der Waals surface area (Å²) in [6.07, 6.45) is 2.03. The van der Waals surface area contributed by atoms with Gasteiger partial charge >= 0.3 is 5.97 Å². The smallest absolute Gasteiger partial charge is 0.339 e. The maximum absolute atomic E-state index is 13.5. The molecule has 2 heterocycles. The third-order valence-corrected chi connectivity index (χ3v) is 4.75. The van der Waals surface area contributed by atoms with Crippen molar-refractivity contribution in [1.82, 2.24) is 9.88 Å². The van der Waals surface area contributed by atoms with Crippen molar-refractivity contribution >= 4 is 11.8 Å². The molecule has 6 nitrogen and oxygen atoms in total. The highest BCUT2D eigenvalue weighted by atomic mass is 19.2. The number of nitrogens with zero attached hydrogens (tertiary/aromatic N) is 3. The van der Waals surface area contributed by atoms with Crippen molar-refractivity contribution in [2.45, 2.75) is 19.0 Å². The van der Waals surface area contributed by atoms with Crippen molar-refractivity contribution in [2.75, 3.05) is 31.1 Å². The van der Waals surface area contributed by atoms with Crippen LogP contribution in [0, 0.1) is 11.6 Å². The van der Waals surface area contributed by atoms with Crippen LogP contribution in [0.15, 0.2) is 36.5 Å². The van der Waals surface area contributed by atoms with Gasteiger partial charge < -0.3 is 15.1 Å². The van der Waals surface area contributed by atoms with Gasteiger partial charge in [-0.2, -0.15) is 0 Å². The number of hydrogen-bond donors (Lipinski definition) is 2. The molecule has 0 radical (unpaired) electrons. The standard InChI is InChI=1S/C19H21F2N3O3/c20-16-4-3-13(10-17(16)21)11-23-7-8-24(12-14(23)5-9-25)18-15(19(26)27)2-1-6-22-18/h1-4,6,10,14,25H,5,7-9,11-12H2,(H,26,27). The lowest BCUT2D eigenvalue weighted by atomic mass is 10.1. The van der Waals surface area contributed by atoms with E-state index in [4.69, 9.17) is 0 Å². The Morgan fingerprint density at radius 1 is 1.22 bits per heavy atom.